The molecule has 27 heavy (non-hydrogen) atoms. The van der Waals surface area contributed by atoms with Gasteiger partial charge in [0.25, 0.3) is 0 Å². The van der Waals surface area contributed by atoms with Gasteiger partial charge in [0.2, 0.25) is 5.91 Å². The number of nitrogens with one attached hydrogen (secondary N) is 1. The number of carbonyl (C=O) groups excluding carboxylic acids is 3. The predicted molar refractivity (Wildman–Crippen MR) is 100.0 cm³/mol. The predicted octanol–water partition coefficient (Wildman–Crippen LogP) is 2.94. The number of fused-ring (bicyclic) bond motifs is 1. The van der Waals surface area contributed by atoms with Gasteiger partial charge >= 0.3 is 5.97 Å². The van der Waals surface area contributed by atoms with Gasteiger partial charge in [-0.1, -0.05) is 31.2 Å². The summed E-state index contributed by atoms with van der Waals surface area (Å²) in [6.45, 7) is 1.44. The molecule has 1 amide bonds. The van der Waals surface area contributed by atoms with Gasteiger partial charge in [0, 0.05) is 17.7 Å². The van der Waals surface area contributed by atoms with Crippen LogP contribution in [0.15, 0.2) is 42.5 Å². The Bertz CT molecular complexity index is 857. The van der Waals surface area contributed by atoms with Crippen LogP contribution in [0.1, 0.15) is 34.8 Å². The zero-order chi connectivity index (χ0) is 19.2. The average Bonchev–Trinajstić information content (AvgIpc) is 2.70. The number of hydrogen-bond donors (Lipinski definition) is 1. The van der Waals surface area contributed by atoms with Crippen LogP contribution in [0.2, 0.25) is 0 Å². The van der Waals surface area contributed by atoms with Crippen LogP contribution in [-0.4, -0.2) is 30.9 Å². The summed E-state index contributed by atoms with van der Waals surface area (Å²) in [6, 6.07) is 12.5. The Hall–Kier alpha value is -3.15. The lowest BCUT2D eigenvalue weighted by Gasteiger charge is -2.17. The van der Waals surface area contributed by atoms with Gasteiger partial charge < -0.3 is 14.8 Å². The first-order chi connectivity index (χ1) is 13.0. The third kappa shape index (κ3) is 4.94. The van der Waals surface area contributed by atoms with Crippen LogP contribution in [-0.2, 0) is 27.2 Å². The van der Waals surface area contributed by atoms with Crippen molar-refractivity contribution >= 4 is 23.3 Å². The number of ether oxygens (including phenoxy) is 2. The fourth-order valence-electron chi connectivity index (χ4n) is 2.79. The lowest BCUT2D eigenvalue weighted by atomic mass is 10.0. The van der Waals surface area contributed by atoms with Crippen LogP contribution in [0.5, 0.6) is 5.75 Å². The molecule has 1 heterocycles. The van der Waals surface area contributed by atoms with Gasteiger partial charge in [0.1, 0.15) is 5.75 Å². The smallest absolute Gasteiger partial charge is 0.344 e. The maximum atomic E-state index is 12.1. The summed E-state index contributed by atoms with van der Waals surface area (Å²) >= 11 is 0. The minimum absolute atomic E-state index is 0.00579. The number of benzene rings is 2. The Balaban J connectivity index is 1.47. The molecule has 0 bridgehead atoms. The summed E-state index contributed by atoms with van der Waals surface area (Å²) in [7, 11) is 0. The summed E-state index contributed by atoms with van der Waals surface area (Å²) in [5.41, 5.74) is 3.38. The van der Waals surface area contributed by atoms with Crippen LogP contribution < -0.4 is 10.1 Å². The molecule has 0 unspecified atom stereocenters. The van der Waals surface area contributed by atoms with E-state index >= 15 is 0 Å². The van der Waals surface area contributed by atoms with Gasteiger partial charge in [-0.05, 0) is 42.2 Å². The first-order valence-corrected chi connectivity index (χ1v) is 8.88. The number of esters is 1. The number of hydrogen-bond acceptors (Lipinski definition) is 5. The van der Waals surface area contributed by atoms with Crippen LogP contribution in [0.25, 0.3) is 0 Å². The molecule has 0 saturated heterocycles. The van der Waals surface area contributed by atoms with E-state index in [2.05, 4.69) is 5.32 Å². The van der Waals surface area contributed by atoms with Gasteiger partial charge in [-0.2, -0.15) is 0 Å². The molecule has 1 aliphatic rings. The number of amides is 1. The van der Waals surface area contributed by atoms with E-state index in [1.807, 2.05) is 19.1 Å². The second-order valence-corrected chi connectivity index (χ2v) is 6.29. The lowest BCUT2D eigenvalue weighted by molar-refractivity contribution is -0.144. The molecule has 2 aromatic carbocycles. The SMILES string of the molecule is CCc1ccc(C(=O)COC(=O)COc2ccc3c(c2)CCC(=O)N3)cc1. The molecule has 0 saturated carbocycles. The van der Waals surface area contributed by atoms with Crippen LogP contribution >= 0.6 is 0 Å². The van der Waals surface area contributed by atoms with Crippen molar-refractivity contribution in [3.8, 4) is 5.75 Å². The van der Waals surface area contributed by atoms with Crippen LogP contribution in [0.4, 0.5) is 5.69 Å². The molecule has 2 aromatic rings. The third-order valence-corrected chi connectivity index (χ3v) is 4.38. The highest BCUT2D eigenvalue weighted by molar-refractivity contribution is 5.98. The highest BCUT2D eigenvalue weighted by atomic mass is 16.6. The summed E-state index contributed by atoms with van der Waals surface area (Å²) < 4.78 is 10.4. The highest BCUT2D eigenvalue weighted by Crippen LogP contribution is 2.26. The summed E-state index contributed by atoms with van der Waals surface area (Å²) in [5, 5.41) is 2.78. The molecule has 0 aliphatic carbocycles. The van der Waals surface area contributed by atoms with Crippen molar-refractivity contribution in [1.29, 1.82) is 0 Å². The Morgan fingerprint density at radius 3 is 2.56 bits per heavy atom. The van der Waals surface area contributed by atoms with Crippen molar-refractivity contribution in [2.75, 3.05) is 18.5 Å². The topological polar surface area (TPSA) is 81.7 Å². The first kappa shape index (κ1) is 18.6. The van der Waals surface area contributed by atoms with E-state index < -0.39 is 5.97 Å². The molecule has 1 aliphatic heterocycles. The molecular formula is C21H21NO5. The summed E-state index contributed by atoms with van der Waals surface area (Å²) in [6.07, 6.45) is 1.96. The number of anilines is 1. The Kier molecular flexibility index (Phi) is 5.86. The number of rotatable bonds is 7. The van der Waals surface area contributed by atoms with Crippen molar-refractivity contribution in [1.82, 2.24) is 0 Å². The van der Waals surface area contributed by atoms with Crippen molar-refractivity contribution in [3.05, 3.63) is 59.2 Å². The number of ketones is 1. The molecule has 140 valence electrons. The largest absolute Gasteiger partial charge is 0.482 e. The van der Waals surface area contributed by atoms with Crippen molar-refractivity contribution < 1.29 is 23.9 Å². The van der Waals surface area contributed by atoms with Gasteiger partial charge in [0.15, 0.2) is 19.0 Å². The monoisotopic (exact) mass is 367 g/mol. The molecule has 6 heteroatoms. The molecule has 0 atom stereocenters. The van der Waals surface area contributed by atoms with Crippen molar-refractivity contribution in [2.45, 2.75) is 26.2 Å². The molecule has 0 spiro atoms. The van der Waals surface area contributed by atoms with E-state index in [4.69, 9.17) is 9.47 Å². The molecule has 6 nitrogen and oxygen atoms in total. The molecular weight excluding hydrogens is 346 g/mol. The highest BCUT2D eigenvalue weighted by Gasteiger charge is 2.16. The Labute approximate surface area is 157 Å². The van der Waals surface area contributed by atoms with Crippen LogP contribution in [0, 0.1) is 0 Å². The molecule has 0 fully saturated rings. The van der Waals surface area contributed by atoms with E-state index in [0.717, 1.165) is 23.2 Å². The van der Waals surface area contributed by atoms with Gasteiger partial charge in [-0.3, -0.25) is 9.59 Å². The molecule has 0 radical (unpaired) electrons. The normalized spacial score (nSPS) is 12.7. The standard InChI is InChI=1S/C21H21NO5/c1-2-14-3-5-15(6-4-14)19(23)12-27-21(25)13-26-17-8-9-18-16(11-17)7-10-20(24)22-18/h3-6,8-9,11H,2,7,10,12-13H2,1H3,(H,22,24). The second-order valence-electron chi connectivity index (χ2n) is 6.29. The van der Waals surface area contributed by atoms with E-state index in [-0.39, 0.29) is 24.9 Å². The fraction of sp³-hybridized carbons (Fsp3) is 0.286. The van der Waals surface area contributed by atoms with Gasteiger partial charge in [-0.25, -0.2) is 4.79 Å². The van der Waals surface area contributed by atoms with Crippen LogP contribution in [0.3, 0.4) is 0 Å². The maximum Gasteiger partial charge on any atom is 0.344 e. The summed E-state index contributed by atoms with van der Waals surface area (Å²) in [4.78, 5) is 35.2. The van der Waals surface area contributed by atoms with E-state index in [1.54, 1.807) is 30.3 Å². The maximum absolute atomic E-state index is 12.1. The Morgan fingerprint density at radius 1 is 1.04 bits per heavy atom. The van der Waals surface area contributed by atoms with E-state index in [1.165, 1.54) is 0 Å². The number of Topliss-reactive ketones (excluding diaryl/α,β-unsaturated/α-hetero) is 1. The summed E-state index contributed by atoms with van der Waals surface area (Å²) in [5.74, 6) is -0.354. The third-order valence-electron chi connectivity index (χ3n) is 4.38. The van der Waals surface area contributed by atoms with Gasteiger partial charge in [-0.15, -0.1) is 0 Å². The number of carbonyl (C=O) groups is 3. The molecule has 3 rings (SSSR count). The van der Waals surface area contributed by atoms with Crippen molar-refractivity contribution in [2.24, 2.45) is 0 Å². The van der Waals surface area contributed by atoms with E-state index in [0.29, 0.717) is 24.2 Å². The zero-order valence-corrected chi connectivity index (χ0v) is 15.1. The van der Waals surface area contributed by atoms with Crippen molar-refractivity contribution in [3.63, 3.8) is 0 Å². The second kappa shape index (κ2) is 8.49. The minimum Gasteiger partial charge on any atom is -0.482 e. The first-order valence-electron chi connectivity index (χ1n) is 8.88. The number of aryl methyl sites for hydroxylation is 2. The average molecular weight is 367 g/mol. The zero-order valence-electron chi connectivity index (χ0n) is 15.1. The lowest BCUT2D eigenvalue weighted by Crippen LogP contribution is -2.20. The molecule has 1 N–H and O–H groups in total. The van der Waals surface area contributed by atoms with Gasteiger partial charge in [0.05, 0.1) is 0 Å². The molecule has 0 aromatic heterocycles. The van der Waals surface area contributed by atoms with E-state index in [9.17, 15) is 14.4 Å². The quantitative estimate of drug-likeness (QED) is 0.601. The fourth-order valence-corrected chi connectivity index (χ4v) is 2.79. The Morgan fingerprint density at radius 2 is 1.81 bits per heavy atom. The minimum atomic E-state index is -0.612.